The van der Waals surface area contributed by atoms with E-state index >= 15 is 0 Å². The molecule has 0 saturated carbocycles. The minimum Gasteiger partial charge on any atom is -0.369 e. The molecule has 2 aliphatic rings. The minimum atomic E-state index is -4.48. The Hall–Kier alpha value is -1.71. The van der Waals surface area contributed by atoms with E-state index in [1.165, 1.54) is 12.1 Å². The SMILES string of the molecule is Cl.O=C1NC(=O)/C(=C\c2cc(C(F)(F)F)ccc2N2CCNCC2)S1. The minimum absolute atomic E-state index is 0. The van der Waals surface area contributed by atoms with Crippen LogP contribution in [0.25, 0.3) is 6.08 Å². The van der Waals surface area contributed by atoms with Crippen molar-refractivity contribution in [2.24, 2.45) is 0 Å². The third kappa shape index (κ3) is 4.47. The van der Waals surface area contributed by atoms with Gasteiger partial charge in [-0.05, 0) is 41.6 Å². The van der Waals surface area contributed by atoms with Gasteiger partial charge in [-0.2, -0.15) is 13.2 Å². The molecule has 0 bridgehead atoms. The zero-order valence-electron chi connectivity index (χ0n) is 12.9. The second-order valence-electron chi connectivity index (χ2n) is 5.36. The van der Waals surface area contributed by atoms with E-state index in [9.17, 15) is 22.8 Å². The van der Waals surface area contributed by atoms with E-state index in [2.05, 4.69) is 10.6 Å². The van der Waals surface area contributed by atoms with Crippen LogP contribution in [0.5, 0.6) is 0 Å². The van der Waals surface area contributed by atoms with Crippen molar-refractivity contribution >= 4 is 47.1 Å². The van der Waals surface area contributed by atoms with Crippen molar-refractivity contribution in [3.05, 3.63) is 34.2 Å². The van der Waals surface area contributed by atoms with Gasteiger partial charge < -0.3 is 10.2 Å². The van der Waals surface area contributed by atoms with Gasteiger partial charge in [-0.15, -0.1) is 12.4 Å². The number of rotatable bonds is 2. The molecule has 2 saturated heterocycles. The Bertz CT molecular complexity index is 718. The summed E-state index contributed by atoms with van der Waals surface area (Å²) in [4.78, 5) is 25.0. The van der Waals surface area contributed by atoms with Crippen molar-refractivity contribution in [1.82, 2.24) is 10.6 Å². The summed E-state index contributed by atoms with van der Waals surface area (Å²) in [5, 5.41) is 4.75. The van der Waals surface area contributed by atoms with Gasteiger partial charge in [0.2, 0.25) is 0 Å². The highest BCUT2D eigenvalue weighted by Crippen LogP contribution is 2.35. The van der Waals surface area contributed by atoms with E-state index in [-0.39, 0.29) is 22.9 Å². The second kappa shape index (κ2) is 7.67. The molecule has 2 N–H and O–H groups in total. The summed E-state index contributed by atoms with van der Waals surface area (Å²) in [7, 11) is 0. The van der Waals surface area contributed by atoms with Gasteiger partial charge in [-0.3, -0.25) is 14.9 Å². The van der Waals surface area contributed by atoms with Crippen LogP contribution >= 0.6 is 24.2 Å². The fourth-order valence-corrected chi connectivity index (χ4v) is 3.28. The summed E-state index contributed by atoms with van der Waals surface area (Å²) in [6.07, 6.45) is -3.13. The summed E-state index contributed by atoms with van der Waals surface area (Å²) in [5.74, 6) is -0.589. The third-order valence-corrected chi connectivity index (χ3v) is 4.55. The molecule has 2 amide bonds. The second-order valence-corrected chi connectivity index (χ2v) is 6.38. The highest BCUT2D eigenvalue weighted by molar-refractivity contribution is 8.18. The van der Waals surface area contributed by atoms with Crippen molar-refractivity contribution in [1.29, 1.82) is 0 Å². The molecule has 25 heavy (non-hydrogen) atoms. The van der Waals surface area contributed by atoms with E-state index in [1.54, 1.807) is 0 Å². The van der Waals surface area contributed by atoms with E-state index in [1.807, 2.05) is 4.90 Å². The van der Waals surface area contributed by atoms with Crippen LogP contribution < -0.4 is 15.5 Å². The number of piperazine rings is 1. The smallest absolute Gasteiger partial charge is 0.369 e. The molecule has 0 spiro atoms. The molecule has 0 radical (unpaired) electrons. The first-order chi connectivity index (χ1) is 11.3. The maximum absolute atomic E-state index is 13.0. The lowest BCUT2D eigenvalue weighted by molar-refractivity contribution is -0.137. The number of alkyl halides is 3. The maximum Gasteiger partial charge on any atom is 0.416 e. The predicted molar refractivity (Wildman–Crippen MR) is 92.9 cm³/mol. The number of nitrogens with zero attached hydrogens (tertiary/aromatic N) is 1. The van der Waals surface area contributed by atoms with Crippen LogP contribution in [0.15, 0.2) is 23.1 Å². The van der Waals surface area contributed by atoms with Gasteiger partial charge in [0.1, 0.15) is 0 Å². The first-order valence-electron chi connectivity index (χ1n) is 7.26. The number of imide groups is 1. The Kier molecular flexibility index (Phi) is 6.02. The van der Waals surface area contributed by atoms with Gasteiger partial charge in [-0.1, -0.05) is 0 Å². The van der Waals surface area contributed by atoms with Gasteiger partial charge in [-0.25, -0.2) is 0 Å². The Morgan fingerprint density at radius 1 is 1.16 bits per heavy atom. The van der Waals surface area contributed by atoms with Crippen LogP contribution in [0.3, 0.4) is 0 Å². The maximum atomic E-state index is 13.0. The number of carbonyl (C=O) groups excluding carboxylic acids is 2. The molecule has 0 aliphatic carbocycles. The number of benzene rings is 1. The standard InChI is InChI=1S/C15H14F3N3O2S.ClH/c16-15(17,18)10-1-2-11(21-5-3-19-4-6-21)9(7-10)8-12-13(22)20-14(23)24-12;/h1-2,7-8,19H,3-6H2,(H,20,22,23);1H/b12-8+;. The summed E-state index contributed by atoms with van der Waals surface area (Å²) >= 11 is 0.687. The Morgan fingerprint density at radius 3 is 2.40 bits per heavy atom. The van der Waals surface area contributed by atoms with Crippen LogP contribution in [-0.4, -0.2) is 37.3 Å². The molecular weight excluding hydrogens is 379 g/mol. The van der Waals surface area contributed by atoms with Gasteiger partial charge in [0.25, 0.3) is 11.1 Å². The molecular formula is C15H15ClF3N3O2S. The van der Waals surface area contributed by atoms with E-state index in [0.717, 1.165) is 25.2 Å². The van der Waals surface area contributed by atoms with Crippen LogP contribution in [0.2, 0.25) is 0 Å². The lowest BCUT2D eigenvalue weighted by Crippen LogP contribution is -2.43. The largest absolute Gasteiger partial charge is 0.416 e. The fraction of sp³-hybridized carbons (Fsp3) is 0.333. The average molecular weight is 394 g/mol. The van der Waals surface area contributed by atoms with E-state index in [4.69, 9.17) is 0 Å². The molecule has 2 aliphatic heterocycles. The van der Waals surface area contributed by atoms with E-state index < -0.39 is 22.9 Å². The van der Waals surface area contributed by atoms with Crippen LogP contribution in [0.1, 0.15) is 11.1 Å². The normalized spacial score (nSPS) is 19.8. The van der Waals surface area contributed by atoms with Crippen molar-refractivity contribution in [2.75, 3.05) is 31.1 Å². The predicted octanol–water partition coefficient (Wildman–Crippen LogP) is 2.86. The summed E-state index contributed by atoms with van der Waals surface area (Å²) in [6.45, 7) is 2.76. The first-order valence-corrected chi connectivity index (χ1v) is 8.08. The number of amides is 2. The molecule has 0 unspecified atom stereocenters. The third-order valence-electron chi connectivity index (χ3n) is 3.74. The average Bonchev–Trinajstić information content (AvgIpc) is 2.85. The van der Waals surface area contributed by atoms with Crippen LogP contribution in [0, 0.1) is 0 Å². The highest BCUT2D eigenvalue weighted by Gasteiger charge is 2.32. The lowest BCUT2D eigenvalue weighted by atomic mass is 10.1. The van der Waals surface area contributed by atoms with Gasteiger partial charge in [0.05, 0.1) is 10.5 Å². The summed E-state index contributed by atoms with van der Waals surface area (Å²) in [5.41, 5.74) is 0.104. The molecule has 1 aromatic rings. The number of hydrogen-bond acceptors (Lipinski definition) is 5. The van der Waals surface area contributed by atoms with Gasteiger partial charge in [0.15, 0.2) is 0 Å². The summed E-state index contributed by atoms with van der Waals surface area (Å²) < 4.78 is 39.0. The van der Waals surface area contributed by atoms with Crippen LogP contribution in [-0.2, 0) is 11.0 Å². The number of nitrogens with one attached hydrogen (secondary N) is 2. The quantitative estimate of drug-likeness (QED) is 0.757. The number of thioether (sulfide) groups is 1. The molecule has 2 heterocycles. The lowest BCUT2D eigenvalue weighted by Gasteiger charge is -2.31. The first kappa shape index (κ1) is 19.6. The molecule has 10 heteroatoms. The number of carbonyl (C=O) groups is 2. The zero-order chi connectivity index (χ0) is 17.3. The van der Waals surface area contributed by atoms with Crippen molar-refractivity contribution in [3.8, 4) is 0 Å². The number of anilines is 1. The fourth-order valence-electron chi connectivity index (χ4n) is 2.60. The molecule has 2 fully saturated rings. The molecule has 1 aromatic carbocycles. The molecule has 5 nitrogen and oxygen atoms in total. The Morgan fingerprint density at radius 2 is 1.84 bits per heavy atom. The topological polar surface area (TPSA) is 61.4 Å². The molecule has 3 rings (SSSR count). The van der Waals surface area contributed by atoms with E-state index in [0.29, 0.717) is 30.5 Å². The Labute approximate surface area is 152 Å². The highest BCUT2D eigenvalue weighted by atomic mass is 35.5. The van der Waals surface area contributed by atoms with Gasteiger partial charge in [0, 0.05) is 31.9 Å². The van der Waals surface area contributed by atoms with Crippen molar-refractivity contribution in [3.63, 3.8) is 0 Å². The van der Waals surface area contributed by atoms with Crippen LogP contribution in [0.4, 0.5) is 23.7 Å². The Balaban J connectivity index is 0.00000225. The molecule has 136 valence electrons. The van der Waals surface area contributed by atoms with Gasteiger partial charge >= 0.3 is 6.18 Å². The molecule has 0 atom stereocenters. The van der Waals surface area contributed by atoms with Crippen molar-refractivity contribution < 1.29 is 22.8 Å². The number of halogens is 4. The number of hydrogen-bond donors (Lipinski definition) is 2. The van der Waals surface area contributed by atoms with Crippen molar-refractivity contribution in [2.45, 2.75) is 6.18 Å². The monoisotopic (exact) mass is 393 g/mol. The zero-order valence-corrected chi connectivity index (χ0v) is 14.5. The summed E-state index contributed by atoms with van der Waals surface area (Å²) in [6, 6.07) is 3.47. The molecule has 0 aromatic heterocycles.